The monoisotopic (exact) mass is 429 g/mol. The van der Waals surface area contributed by atoms with E-state index in [2.05, 4.69) is 26.3 Å². The number of carbonyl (C=O) groups excluding carboxylic acids is 3. The molecule has 32 heavy (non-hydrogen) atoms. The van der Waals surface area contributed by atoms with Crippen LogP contribution in [0.1, 0.15) is 23.6 Å². The molecule has 1 atom stereocenters. The van der Waals surface area contributed by atoms with Crippen LogP contribution in [0.4, 0.5) is 15.3 Å². The van der Waals surface area contributed by atoms with Crippen molar-refractivity contribution in [3.05, 3.63) is 83.7 Å². The lowest BCUT2D eigenvalue weighted by Crippen LogP contribution is -2.40. The molecule has 4 rings (SSSR count). The zero-order chi connectivity index (χ0) is 22.7. The number of benzene rings is 2. The van der Waals surface area contributed by atoms with Gasteiger partial charge in [-0.25, -0.2) is 9.59 Å². The average molecular weight is 429 g/mol. The predicted molar refractivity (Wildman–Crippen MR) is 121 cm³/mol. The molecule has 1 saturated heterocycles. The second-order valence-corrected chi connectivity index (χ2v) is 7.81. The van der Waals surface area contributed by atoms with Gasteiger partial charge in [0.15, 0.2) is 0 Å². The number of hydrogen-bond donors (Lipinski definition) is 4. The van der Waals surface area contributed by atoms with E-state index in [1.165, 1.54) is 0 Å². The lowest BCUT2D eigenvalue weighted by Gasteiger charge is -2.21. The summed E-state index contributed by atoms with van der Waals surface area (Å²) < 4.78 is 0. The molecule has 1 aromatic heterocycles. The number of carbonyl (C=O) groups is 3. The van der Waals surface area contributed by atoms with Crippen molar-refractivity contribution in [2.75, 3.05) is 5.32 Å². The molecule has 4 N–H and O–H groups in total. The number of anilines is 1. The first-order valence-corrected chi connectivity index (χ1v) is 10.1. The second-order valence-electron chi connectivity index (χ2n) is 7.81. The Morgan fingerprint density at radius 2 is 1.84 bits per heavy atom. The van der Waals surface area contributed by atoms with Gasteiger partial charge in [0.2, 0.25) is 0 Å². The number of nitrogens with zero attached hydrogens (tertiary/aromatic N) is 1. The standard InChI is InChI=1S/C24H23N5O3/c1-15-12-19(6-7-20(15)17-8-10-25-11-9-17)27-22(31)26-14-16-4-3-5-18(13-16)24(2)21(30)28-23(32)29-24/h3-13H,14H2,1-2H3,(H2,26,27,31)(H2,28,29,30,32). The van der Waals surface area contributed by atoms with Crippen LogP contribution in [0.2, 0.25) is 0 Å². The smallest absolute Gasteiger partial charge is 0.322 e. The number of pyridine rings is 1. The zero-order valence-corrected chi connectivity index (χ0v) is 17.7. The molecule has 0 spiro atoms. The number of hydrogen-bond acceptors (Lipinski definition) is 4. The van der Waals surface area contributed by atoms with Gasteiger partial charge in [-0.15, -0.1) is 0 Å². The number of aromatic nitrogens is 1. The van der Waals surface area contributed by atoms with E-state index in [0.717, 1.165) is 22.3 Å². The number of rotatable bonds is 5. The highest BCUT2D eigenvalue weighted by Gasteiger charge is 2.43. The molecule has 3 aromatic rings. The van der Waals surface area contributed by atoms with E-state index in [1.54, 1.807) is 37.5 Å². The van der Waals surface area contributed by atoms with Gasteiger partial charge >= 0.3 is 12.1 Å². The van der Waals surface area contributed by atoms with Crippen LogP contribution >= 0.6 is 0 Å². The van der Waals surface area contributed by atoms with E-state index in [-0.39, 0.29) is 12.6 Å². The Morgan fingerprint density at radius 3 is 2.53 bits per heavy atom. The molecular formula is C24H23N5O3. The maximum atomic E-state index is 12.4. The molecular weight excluding hydrogens is 406 g/mol. The summed E-state index contributed by atoms with van der Waals surface area (Å²) in [6.45, 7) is 3.90. The summed E-state index contributed by atoms with van der Waals surface area (Å²) >= 11 is 0. The Hall–Kier alpha value is -4.20. The first kappa shape index (κ1) is 21.0. The molecule has 2 aromatic carbocycles. The van der Waals surface area contributed by atoms with E-state index in [0.29, 0.717) is 11.3 Å². The highest BCUT2D eigenvalue weighted by Crippen LogP contribution is 2.26. The van der Waals surface area contributed by atoms with E-state index in [9.17, 15) is 14.4 Å². The number of amides is 5. The van der Waals surface area contributed by atoms with Crippen LogP contribution in [0.3, 0.4) is 0 Å². The number of aryl methyl sites for hydroxylation is 1. The fraction of sp³-hybridized carbons (Fsp3) is 0.167. The van der Waals surface area contributed by atoms with Crippen molar-refractivity contribution in [3.63, 3.8) is 0 Å². The van der Waals surface area contributed by atoms with E-state index < -0.39 is 17.5 Å². The van der Waals surface area contributed by atoms with Crippen LogP contribution in [0, 0.1) is 6.92 Å². The summed E-state index contributed by atoms with van der Waals surface area (Å²) in [5.74, 6) is -0.407. The van der Waals surface area contributed by atoms with Crippen molar-refractivity contribution in [2.45, 2.75) is 25.9 Å². The van der Waals surface area contributed by atoms with Gasteiger partial charge in [0.05, 0.1) is 0 Å². The van der Waals surface area contributed by atoms with E-state index in [1.807, 2.05) is 43.3 Å². The summed E-state index contributed by atoms with van der Waals surface area (Å²) in [4.78, 5) is 40.1. The van der Waals surface area contributed by atoms with Crippen molar-refractivity contribution in [1.82, 2.24) is 20.9 Å². The maximum absolute atomic E-state index is 12.4. The molecule has 5 amide bonds. The van der Waals surface area contributed by atoms with Crippen LogP contribution in [0.15, 0.2) is 67.0 Å². The third-order valence-electron chi connectivity index (χ3n) is 5.48. The van der Waals surface area contributed by atoms with Crippen LogP contribution in [0.5, 0.6) is 0 Å². The van der Waals surface area contributed by atoms with Crippen molar-refractivity contribution in [2.24, 2.45) is 0 Å². The lowest BCUT2D eigenvalue weighted by atomic mass is 9.91. The lowest BCUT2D eigenvalue weighted by molar-refractivity contribution is -0.123. The third kappa shape index (κ3) is 4.29. The fourth-order valence-electron chi connectivity index (χ4n) is 3.69. The largest absolute Gasteiger partial charge is 0.334 e. The summed E-state index contributed by atoms with van der Waals surface area (Å²) in [5.41, 5.74) is 4.17. The molecule has 1 aliphatic rings. The van der Waals surface area contributed by atoms with Gasteiger partial charge in [0, 0.05) is 24.6 Å². The van der Waals surface area contributed by atoms with Gasteiger partial charge < -0.3 is 16.0 Å². The van der Waals surface area contributed by atoms with Gasteiger partial charge in [-0.05, 0) is 65.9 Å². The highest BCUT2D eigenvalue weighted by atomic mass is 16.2. The molecule has 0 saturated carbocycles. The van der Waals surface area contributed by atoms with Crippen LogP contribution in [-0.2, 0) is 16.9 Å². The molecule has 0 aliphatic carbocycles. The average Bonchev–Trinajstić information content (AvgIpc) is 3.05. The van der Waals surface area contributed by atoms with Crippen LogP contribution in [0.25, 0.3) is 11.1 Å². The number of urea groups is 2. The second kappa shape index (κ2) is 8.50. The number of nitrogens with one attached hydrogen (secondary N) is 4. The fourth-order valence-corrected chi connectivity index (χ4v) is 3.69. The van der Waals surface area contributed by atoms with Gasteiger partial charge in [-0.3, -0.25) is 15.1 Å². The van der Waals surface area contributed by atoms with Crippen molar-refractivity contribution in [3.8, 4) is 11.1 Å². The quantitative estimate of drug-likeness (QED) is 0.466. The number of imide groups is 1. The molecule has 2 heterocycles. The first-order chi connectivity index (χ1) is 15.3. The SMILES string of the molecule is Cc1cc(NC(=O)NCc2cccc(C3(C)NC(=O)NC3=O)c2)ccc1-c1ccncc1. The molecule has 0 radical (unpaired) electrons. The van der Waals surface area contributed by atoms with Gasteiger partial charge in [-0.2, -0.15) is 0 Å². The zero-order valence-electron chi connectivity index (χ0n) is 17.7. The van der Waals surface area contributed by atoms with Crippen molar-refractivity contribution < 1.29 is 14.4 Å². The molecule has 1 unspecified atom stereocenters. The topological polar surface area (TPSA) is 112 Å². The Kier molecular flexibility index (Phi) is 5.59. The predicted octanol–water partition coefficient (Wildman–Crippen LogP) is 3.43. The molecule has 1 aliphatic heterocycles. The summed E-state index contributed by atoms with van der Waals surface area (Å²) in [7, 11) is 0. The Balaban J connectivity index is 1.39. The minimum Gasteiger partial charge on any atom is -0.334 e. The van der Waals surface area contributed by atoms with Gasteiger partial charge in [0.1, 0.15) is 5.54 Å². The molecule has 0 bridgehead atoms. The van der Waals surface area contributed by atoms with E-state index in [4.69, 9.17) is 0 Å². The minimum absolute atomic E-state index is 0.263. The van der Waals surface area contributed by atoms with Gasteiger partial charge in [-0.1, -0.05) is 30.3 Å². The highest BCUT2D eigenvalue weighted by molar-refractivity contribution is 6.07. The normalized spacial score (nSPS) is 17.4. The van der Waals surface area contributed by atoms with Crippen LogP contribution in [-0.4, -0.2) is 23.0 Å². The Bertz CT molecular complexity index is 1200. The summed E-state index contributed by atoms with van der Waals surface area (Å²) in [6.07, 6.45) is 3.49. The Labute approximate surface area is 185 Å². The molecule has 8 heteroatoms. The summed E-state index contributed by atoms with van der Waals surface area (Å²) in [6, 6.07) is 15.9. The Morgan fingerprint density at radius 1 is 1.06 bits per heavy atom. The van der Waals surface area contributed by atoms with Gasteiger partial charge in [0.25, 0.3) is 5.91 Å². The van der Waals surface area contributed by atoms with Crippen LogP contribution < -0.4 is 21.3 Å². The molecule has 1 fully saturated rings. The van der Waals surface area contributed by atoms with Crippen molar-refractivity contribution in [1.29, 1.82) is 0 Å². The maximum Gasteiger partial charge on any atom is 0.322 e. The first-order valence-electron chi connectivity index (χ1n) is 10.1. The summed E-state index contributed by atoms with van der Waals surface area (Å²) in [5, 5.41) is 10.5. The van der Waals surface area contributed by atoms with E-state index >= 15 is 0 Å². The van der Waals surface area contributed by atoms with Crippen molar-refractivity contribution >= 4 is 23.7 Å². The molecule has 162 valence electrons. The third-order valence-corrected chi connectivity index (χ3v) is 5.48. The molecule has 8 nitrogen and oxygen atoms in total. The minimum atomic E-state index is -1.14.